The van der Waals surface area contributed by atoms with E-state index in [9.17, 15) is 4.21 Å². The van der Waals surface area contributed by atoms with Gasteiger partial charge in [0.15, 0.2) is 0 Å². The highest BCUT2D eigenvalue weighted by Gasteiger charge is 2.02. The number of rotatable bonds is 4. The molecular weight excluding hydrogens is 292 g/mol. The first-order valence-electron chi connectivity index (χ1n) is 6.93. The Hall–Kier alpha value is -2.46. The van der Waals surface area contributed by atoms with Crippen LogP contribution in [0.3, 0.4) is 0 Å². The third-order valence-electron chi connectivity index (χ3n) is 3.32. The van der Waals surface area contributed by atoms with E-state index < -0.39 is 10.8 Å². The van der Waals surface area contributed by atoms with Crippen molar-refractivity contribution in [2.45, 2.75) is 4.90 Å². The van der Waals surface area contributed by atoms with Gasteiger partial charge in [0.25, 0.3) is 0 Å². The van der Waals surface area contributed by atoms with E-state index in [1.54, 1.807) is 12.5 Å². The maximum atomic E-state index is 11.4. The molecule has 0 bridgehead atoms. The largest absolute Gasteiger partial charge is 0.354 e. The summed E-state index contributed by atoms with van der Waals surface area (Å²) in [5.41, 5.74) is 4.04. The molecule has 0 amide bonds. The normalized spacial score (nSPS) is 11.9. The van der Waals surface area contributed by atoms with Crippen molar-refractivity contribution in [2.75, 3.05) is 11.6 Å². The highest BCUT2D eigenvalue weighted by Crippen LogP contribution is 2.24. The molecular formula is C18H16N2OS. The molecule has 3 aromatic rings. The summed E-state index contributed by atoms with van der Waals surface area (Å²) in [7, 11) is -0.953. The summed E-state index contributed by atoms with van der Waals surface area (Å²) < 4.78 is 11.4. The zero-order chi connectivity index (χ0) is 15.4. The number of aromatic nitrogens is 1. The summed E-state index contributed by atoms with van der Waals surface area (Å²) >= 11 is 0. The fraction of sp³-hybridized carbons (Fsp3) is 0.0556. The van der Waals surface area contributed by atoms with Crippen molar-refractivity contribution in [3.8, 4) is 11.1 Å². The van der Waals surface area contributed by atoms with E-state index in [1.807, 2.05) is 60.8 Å². The molecule has 1 aromatic heterocycles. The number of anilines is 2. The molecule has 0 radical (unpaired) electrons. The Bertz CT molecular complexity index is 786. The first-order valence-corrected chi connectivity index (χ1v) is 8.49. The van der Waals surface area contributed by atoms with Gasteiger partial charge < -0.3 is 5.32 Å². The second kappa shape index (κ2) is 6.54. The number of hydrogen-bond donors (Lipinski definition) is 1. The first-order chi connectivity index (χ1) is 10.7. The number of pyridine rings is 1. The van der Waals surface area contributed by atoms with Crippen LogP contribution in [0.2, 0.25) is 0 Å². The molecule has 110 valence electrons. The predicted molar refractivity (Wildman–Crippen MR) is 91.7 cm³/mol. The molecule has 1 heterocycles. The zero-order valence-corrected chi connectivity index (χ0v) is 13.0. The lowest BCUT2D eigenvalue weighted by Crippen LogP contribution is -1.92. The van der Waals surface area contributed by atoms with Crippen molar-refractivity contribution in [3.05, 3.63) is 73.1 Å². The van der Waals surface area contributed by atoms with Crippen molar-refractivity contribution >= 4 is 22.2 Å². The van der Waals surface area contributed by atoms with E-state index in [2.05, 4.69) is 16.4 Å². The third-order valence-corrected chi connectivity index (χ3v) is 4.26. The van der Waals surface area contributed by atoms with Crippen LogP contribution in [-0.4, -0.2) is 15.4 Å². The van der Waals surface area contributed by atoms with Gasteiger partial charge in [0, 0.05) is 39.4 Å². The second-order valence-corrected chi connectivity index (χ2v) is 6.31. The zero-order valence-electron chi connectivity index (χ0n) is 12.2. The van der Waals surface area contributed by atoms with Gasteiger partial charge in [0.1, 0.15) is 0 Å². The first kappa shape index (κ1) is 14.5. The topological polar surface area (TPSA) is 42.0 Å². The quantitative estimate of drug-likeness (QED) is 0.784. The molecule has 0 aliphatic rings. The van der Waals surface area contributed by atoms with Gasteiger partial charge in [-0.3, -0.25) is 9.19 Å². The number of hydrogen-bond acceptors (Lipinski definition) is 3. The molecule has 1 atom stereocenters. The van der Waals surface area contributed by atoms with Crippen molar-refractivity contribution in [1.82, 2.24) is 4.98 Å². The Morgan fingerprint density at radius 3 is 2.27 bits per heavy atom. The Labute approximate surface area is 132 Å². The fourth-order valence-electron chi connectivity index (χ4n) is 2.19. The second-order valence-electron chi connectivity index (χ2n) is 4.93. The lowest BCUT2D eigenvalue weighted by atomic mass is 10.1. The Morgan fingerprint density at radius 1 is 0.864 bits per heavy atom. The SMILES string of the molecule is CS(=O)c1ccc(-c2cncc(Nc3ccccc3)c2)cc1. The molecule has 2 aromatic carbocycles. The molecule has 3 rings (SSSR count). The van der Waals surface area contributed by atoms with Crippen LogP contribution >= 0.6 is 0 Å². The van der Waals surface area contributed by atoms with Crippen LogP contribution in [0.1, 0.15) is 0 Å². The van der Waals surface area contributed by atoms with E-state index in [4.69, 9.17) is 0 Å². The van der Waals surface area contributed by atoms with Crippen LogP contribution in [0.25, 0.3) is 11.1 Å². The van der Waals surface area contributed by atoms with Crippen LogP contribution in [0, 0.1) is 0 Å². The average molecular weight is 308 g/mol. The predicted octanol–water partition coefficient (Wildman–Crippen LogP) is 4.23. The van der Waals surface area contributed by atoms with Gasteiger partial charge in [0.05, 0.1) is 11.9 Å². The van der Waals surface area contributed by atoms with E-state index in [0.29, 0.717) is 0 Å². The van der Waals surface area contributed by atoms with E-state index >= 15 is 0 Å². The van der Waals surface area contributed by atoms with Gasteiger partial charge in [-0.25, -0.2) is 0 Å². The third kappa shape index (κ3) is 3.40. The Kier molecular flexibility index (Phi) is 4.30. The standard InChI is InChI=1S/C18H16N2OS/c1-22(21)18-9-7-14(8-10-18)15-11-17(13-19-12-15)20-16-5-3-2-4-6-16/h2-13,20H,1H3. The summed E-state index contributed by atoms with van der Waals surface area (Å²) in [6.07, 6.45) is 5.31. The molecule has 0 saturated carbocycles. The van der Waals surface area contributed by atoms with Crippen molar-refractivity contribution in [1.29, 1.82) is 0 Å². The van der Waals surface area contributed by atoms with Gasteiger partial charge in [-0.05, 0) is 35.9 Å². The number of nitrogens with zero attached hydrogens (tertiary/aromatic N) is 1. The summed E-state index contributed by atoms with van der Waals surface area (Å²) in [5.74, 6) is 0. The van der Waals surface area contributed by atoms with Gasteiger partial charge in [-0.1, -0.05) is 30.3 Å². The summed E-state index contributed by atoms with van der Waals surface area (Å²) in [6.45, 7) is 0. The van der Waals surface area contributed by atoms with Crippen molar-refractivity contribution in [3.63, 3.8) is 0 Å². The van der Waals surface area contributed by atoms with Gasteiger partial charge in [-0.2, -0.15) is 0 Å². The van der Waals surface area contributed by atoms with Gasteiger partial charge in [0.2, 0.25) is 0 Å². The molecule has 1 unspecified atom stereocenters. The fourth-order valence-corrected chi connectivity index (χ4v) is 2.71. The van der Waals surface area contributed by atoms with Crippen molar-refractivity contribution < 1.29 is 4.21 Å². The summed E-state index contributed by atoms with van der Waals surface area (Å²) in [6, 6.07) is 19.8. The number of para-hydroxylation sites is 1. The number of nitrogens with one attached hydrogen (secondary N) is 1. The molecule has 4 heteroatoms. The summed E-state index contributed by atoms with van der Waals surface area (Å²) in [4.78, 5) is 5.12. The van der Waals surface area contributed by atoms with Gasteiger partial charge >= 0.3 is 0 Å². The molecule has 22 heavy (non-hydrogen) atoms. The van der Waals surface area contributed by atoms with Crippen LogP contribution in [-0.2, 0) is 10.8 Å². The lowest BCUT2D eigenvalue weighted by molar-refractivity contribution is 0.687. The van der Waals surface area contributed by atoms with Gasteiger partial charge in [-0.15, -0.1) is 0 Å². The highest BCUT2D eigenvalue weighted by molar-refractivity contribution is 7.84. The monoisotopic (exact) mass is 308 g/mol. The lowest BCUT2D eigenvalue weighted by Gasteiger charge is -2.08. The number of benzene rings is 2. The Morgan fingerprint density at radius 2 is 1.59 bits per heavy atom. The molecule has 1 N–H and O–H groups in total. The smallest absolute Gasteiger partial charge is 0.0576 e. The molecule has 0 aliphatic heterocycles. The minimum atomic E-state index is -0.953. The highest BCUT2D eigenvalue weighted by atomic mass is 32.2. The maximum Gasteiger partial charge on any atom is 0.0576 e. The molecule has 0 fully saturated rings. The summed E-state index contributed by atoms with van der Waals surface area (Å²) in [5, 5.41) is 3.33. The average Bonchev–Trinajstić information content (AvgIpc) is 2.56. The van der Waals surface area contributed by atoms with E-state index in [0.717, 1.165) is 27.4 Å². The minimum Gasteiger partial charge on any atom is -0.354 e. The van der Waals surface area contributed by atoms with Crippen LogP contribution in [0.4, 0.5) is 11.4 Å². The van der Waals surface area contributed by atoms with E-state index in [-0.39, 0.29) is 0 Å². The molecule has 0 aliphatic carbocycles. The van der Waals surface area contributed by atoms with Crippen LogP contribution in [0.15, 0.2) is 78.0 Å². The molecule has 0 saturated heterocycles. The maximum absolute atomic E-state index is 11.4. The molecule has 0 spiro atoms. The van der Waals surface area contributed by atoms with E-state index in [1.165, 1.54) is 0 Å². The molecule has 3 nitrogen and oxygen atoms in total. The van der Waals surface area contributed by atoms with Crippen molar-refractivity contribution in [2.24, 2.45) is 0 Å². The van der Waals surface area contributed by atoms with Crippen LogP contribution < -0.4 is 5.32 Å². The minimum absolute atomic E-state index is 0.829. The Balaban J connectivity index is 1.86. The van der Waals surface area contributed by atoms with Crippen LogP contribution in [0.5, 0.6) is 0 Å².